The molecule has 126 valence electrons. The van der Waals surface area contributed by atoms with Crippen LogP contribution in [-0.4, -0.2) is 16.1 Å². The molecule has 5 nitrogen and oxygen atoms in total. The van der Waals surface area contributed by atoms with Crippen molar-refractivity contribution >= 4 is 34.8 Å². The molecule has 3 aromatic rings. The van der Waals surface area contributed by atoms with E-state index >= 15 is 0 Å². The molecule has 1 aromatic heterocycles. The van der Waals surface area contributed by atoms with E-state index in [0.717, 1.165) is 5.69 Å². The molecule has 1 amide bonds. The van der Waals surface area contributed by atoms with E-state index in [1.807, 2.05) is 12.1 Å². The lowest BCUT2D eigenvalue weighted by molar-refractivity contribution is -0.115. The van der Waals surface area contributed by atoms with Crippen LogP contribution in [0.3, 0.4) is 0 Å². The molecule has 2 aromatic carbocycles. The molecule has 1 heterocycles. The molecule has 0 aliphatic rings. The number of halogens is 2. The lowest BCUT2D eigenvalue weighted by Crippen LogP contribution is -2.15. The molecule has 0 saturated heterocycles. The average Bonchev–Trinajstić information content (AvgIpc) is 2.59. The van der Waals surface area contributed by atoms with Gasteiger partial charge in [0, 0.05) is 10.7 Å². The van der Waals surface area contributed by atoms with Gasteiger partial charge in [0.1, 0.15) is 5.82 Å². The Morgan fingerprint density at radius 3 is 2.40 bits per heavy atom. The van der Waals surface area contributed by atoms with Gasteiger partial charge < -0.3 is 10.6 Å². The molecule has 0 unspecified atom stereocenters. The fraction of sp³-hybridized carbons (Fsp3) is 0.0556. The largest absolute Gasteiger partial charge is 0.339 e. The lowest BCUT2D eigenvalue weighted by atomic mass is 10.1. The molecule has 0 aliphatic heterocycles. The quantitative estimate of drug-likeness (QED) is 0.719. The van der Waals surface area contributed by atoms with Crippen molar-refractivity contribution in [1.82, 2.24) is 10.2 Å². The molecule has 2 N–H and O–H groups in total. The van der Waals surface area contributed by atoms with Gasteiger partial charge in [0.25, 0.3) is 0 Å². The molecule has 7 heteroatoms. The second kappa shape index (κ2) is 7.72. The molecule has 0 atom stereocenters. The average molecular weight is 357 g/mol. The number of carbonyl (C=O) groups is 1. The minimum absolute atomic E-state index is 0.0597. The van der Waals surface area contributed by atoms with Gasteiger partial charge in [0.15, 0.2) is 11.6 Å². The summed E-state index contributed by atoms with van der Waals surface area (Å²) in [5, 5.41) is 14.3. The highest BCUT2D eigenvalue weighted by Gasteiger charge is 2.06. The van der Waals surface area contributed by atoms with Crippen LogP contribution >= 0.6 is 11.6 Å². The zero-order valence-electron chi connectivity index (χ0n) is 13.0. The standard InChI is InChI=1S/C18H14ClFN4O/c19-13-4-6-15(7-5-13)21-16-8-9-17(24-23-16)22-18(25)11-12-2-1-3-14(20)10-12/h1-10H,11H2,(H,21,23)(H,22,24,25). The number of carbonyl (C=O) groups excluding carboxylic acids is 1. The Kier molecular flexibility index (Phi) is 5.20. The van der Waals surface area contributed by atoms with E-state index in [9.17, 15) is 9.18 Å². The minimum atomic E-state index is -0.372. The first-order chi connectivity index (χ1) is 12.1. The number of aromatic nitrogens is 2. The summed E-state index contributed by atoms with van der Waals surface area (Å²) in [6, 6.07) is 16.4. The predicted molar refractivity (Wildman–Crippen MR) is 95.5 cm³/mol. The van der Waals surface area contributed by atoms with E-state index < -0.39 is 0 Å². The number of hydrogen-bond donors (Lipinski definition) is 2. The molecule has 3 rings (SSSR count). The zero-order chi connectivity index (χ0) is 17.6. The van der Waals surface area contributed by atoms with Crippen LogP contribution in [0.4, 0.5) is 21.7 Å². The fourth-order valence-electron chi connectivity index (χ4n) is 2.17. The van der Waals surface area contributed by atoms with Crippen LogP contribution in [0.25, 0.3) is 0 Å². The van der Waals surface area contributed by atoms with E-state index in [1.165, 1.54) is 12.1 Å². The highest BCUT2D eigenvalue weighted by Crippen LogP contribution is 2.17. The summed E-state index contributed by atoms with van der Waals surface area (Å²) >= 11 is 5.83. The number of hydrogen-bond acceptors (Lipinski definition) is 4. The molecule has 0 spiro atoms. The summed E-state index contributed by atoms with van der Waals surface area (Å²) in [6.07, 6.45) is 0.0597. The van der Waals surface area contributed by atoms with Gasteiger partial charge in [-0.1, -0.05) is 23.7 Å². The molecular weight excluding hydrogens is 343 g/mol. The van der Waals surface area contributed by atoms with Crippen LogP contribution in [0.15, 0.2) is 60.7 Å². The summed E-state index contributed by atoms with van der Waals surface area (Å²) in [4.78, 5) is 12.0. The van der Waals surface area contributed by atoms with Crippen molar-refractivity contribution in [3.63, 3.8) is 0 Å². The Morgan fingerprint density at radius 1 is 1.00 bits per heavy atom. The Hall–Kier alpha value is -2.99. The predicted octanol–water partition coefficient (Wildman–Crippen LogP) is 4.19. The van der Waals surface area contributed by atoms with Gasteiger partial charge >= 0.3 is 0 Å². The summed E-state index contributed by atoms with van der Waals surface area (Å²) in [7, 11) is 0. The minimum Gasteiger partial charge on any atom is -0.339 e. The third-order valence-corrected chi connectivity index (χ3v) is 3.55. The molecule has 0 aliphatic carbocycles. The second-order valence-corrected chi connectivity index (χ2v) is 5.73. The van der Waals surface area contributed by atoms with Gasteiger partial charge in [0.2, 0.25) is 5.91 Å². The van der Waals surface area contributed by atoms with Crippen LogP contribution in [-0.2, 0) is 11.2 Å². The number of nitrogens with zero attached hydrogens (tertiary/aromatic N) is 2. The molecule has 25 heavy (non-hydrogen) atoms. The Labute approximate surface area is 148 Å². The normalized spacial score (nSPS) is 10.3. The van der Waals surface area contributed by atoms with Crippen LogP contribution in [0.1, 0.15) is 5.56 Å². The van der Waals surface area contributed by atoms with Crippen molar-refractivity contribution in [2.45, 2.75) is 6.42 Å². The molecule has 0 radical (unpaired) electrons. The van der Waals surface area contributed by atoms with E-state index in [0.29, 0.717) is 22.2 Å². The maximum atomic E-state index is 13.1. The molecule has 0 bridgehead atoms. The Morgan fingerprint density at radius 2 is 1.72 bits per heavy atom. The maximum absolute atomic E-state index is 13.1. The summed E-state index contributed by atoms with van der Waals surface area (Å²) in [6.45, 7) is 0. The first-order valence-electron chi connectivity index (χ1n) is 7.49. The highest BCUT2D eigenvalue weighted by molar-refractivity contribution is 6.30. The molecule has 0 fully saturated rings. The van der Waals surface area contributed by atoms with Gasteiger partial charge in [0.05, 0.1) is 6.42 Å². The number of rotatable bonds is 5. The van der Waals surface area contributed by atoms with Crippen molar-refractivity contribution in [2.75, 3.05) is 10.6 Å². The van der Waals surface area contributed by atoms with Crippen molar-refractivity contribution in [3.05, 3.63) is 77.1 Å². The van der Waals surface area contributed by atoms with Crippen LogP contribution in [0.2, 0.25) is 5.02 Å². The van der Waals surface area contributed by atoms with E-state index in [4.69, 9.17) is 11.6 Å². The maximum Gasteiger partial charge on any atom is 0.229 e. The van der Waals surface area contributed by atoms with Gasteiger partial charge in [-0.2, -0.15) is 0 Å². The number of benzene rings is 2. The van der Waals surface area contributed by atoms with Gasteiger partial charge in [-0.25, -0.2) is 4.39 Å². The van der Waals surface area contributed by atoms with Gasteiger partial charge in [-0.15, -0.1) is 10.2 Å². The van der Waals surface area contributed by atoms with Crippen LogP contribution in [0, 0.1) is 5.82 Å². The van der Waals surface area contributed by atoms with E-state index in [1.54, 1.807) is 36.4 Å². The van der Waals surface area contributed by atoms with Crippen LogP contribution in [0.5, 0.6) is 0 Å². The first kappa shape index (κ1) is 16.9. The smallest absolute Gasteiger partial charge is 0.229 e. The lowest BCUT2D eigenvalue weighted by Gasteiger charge is -2.07. The topological polar surface area (TPSA) is 66.9 Å². The number of amides is 1. The van der Waals surface area contributed by atoms with E-state index in [-0.39, 0.29) is 18.1 Å². The SMILES string of the molecule is O=C(Cc1cccc(F)c1)Nc1ccc(Nc2ccc(Cl)cc2)nn1. The monoisotopic (exact) mass is 356 g/mol. The molecular formula is C18H14ClFN4O. The first-order valence-corrected chi connectivity index (χ1v) is 7.87. The summed E-state index contributed by atoms with van der Waals surface area (Å²) < 4.78 is 13.1. The third kappa shape index (κ3) is 4.99. The number of anilines is 3. The van der Waals surface area contributed by atoms with Gasteiger partial charge in [-0.05, 0) is 54.1 Å². The summed E-state index contributed by atoms with van der Waals surface area (Å²) in [5.41, 5.74) is 1.41. The highest BCUT2D eigenvalue weighted by atomic mass is 35.5. The van der Waals surface area contributed by atoms with E-state index in [2.05, 4.69) is 20.8 Å². The third-order valence-electron chi connectivity index (χ3n) is 3.30. The Bertz CT molecular complexity index is 869. The van der Waals surface area contributed by atoms with Crippen molar-refractivity contribution < 1.29 is 9.18 Å². The van der Waals surface area contributed by atoms with Crippen molar-refractivity contribution in [2.24, 2.45) is 0 Å². The Balaban J connectivity index is 1.58. The van der Waals surface area contributed by atoms with Crippen molar-refractivity contribution in [3.8, 4) is 0 Å². The van der Waals surface area contributed by atoms with Crippen LogP contribution < -0.4 is 10.6 Å². The summed E-state index contributed by atoms with van der Waals surface area (Å²) in [5.74, 6) is 0.189. The second-order valence-electron chi connectivity index (χ2n) is 5.29. The van der Waals surface area contributed by atoms with Crippen molar-refractivity contribution in [1.29, 1.82) is 0 Å². The van der Waals surface area contributed by atoms with Gasteiger partial charge in [-0.3, -0.25) is 4.79 Å². The number of nitrogens with one attached hydrogen (secondary N) is 2. The zero-order valence-corrected chi connectivity index (χ0v) is 13.8. The molecule has 0 saturated carbocycles. The fourth-order valence-corrected chi connectivity index (χ4v) is 2.29.